The van der Waals surface area contributed by atoms with Crippen LogP contribution >= 0.6 is 11.8 Å². The van der Waals surface area contributed by atoms with Crippen molar-refractivity contribution in [3.8, 4) is 0 Å². The molecule has 4 heteroatoms. The summed E-state index contributed by atoms with van der Waals surface area (Å²) in [6.07, 6.45) is 2.44. The lowest BCUT2D eigenvalue weighted by Crippen LogP contribution is -2.38. The van der Waals surface area contributed by atoms with Crippen molar-refractivity contribution in [3.63, 3.8) is 0 Å². The zero-order valence-electron chi connectivity index (χ0n) is 14.0. The molecule has 0 saturated carbocycles. The number of anilines is 1. The van der Waals surface area contributed by atoms with Gasteiger partial charge in [0.2, 0.25) is 0 Å². The minimum atomic E-state index is -0.0636. The molecule has 1 aliphatic carbocycles. The Bertz CT molecular complexity index is 946. The maximum absolute atomic E-state index is 12.8. The van der Waals surface area contributed by atoms with E-state index in [4.69, 9.17) is 4.99 Å². The van der Waals surface area contributed by atoms with Crippen LogP contribution in [0.15, 0.2) is 69.7 Å². The van der Waals surface area contributed by atoms with Gasteiger partial charge in [0.1, 0.15) is 0 Å². The SMILES string of the molecule is Cc1cccc2c1N1C(=NC3=C(C(=O)CCC3)C1c1ccccc1)S2. The number of allylic oxidation sites excluding steroid dienone is 1. The molecular formula is C21H18N2OS. The van der Waals surface area contributed by atoms with Gasteiger partial charge in [-0.3, -0.25) is 4.79 Å². The number of fused-ring (bicyclic) bond motifs is 3. The van der Waals surface area contributed by atoms with Crippen LogP contribution in [0, 0.1) is 6.92 Å². The number of thioether (sulfide) groups is 1. The molecular weight excluding hydrogens is 328 g/mol. The van der Waals surface area contributed by atoms with Crippen LogP contribution in [-0.4, -0.2) is 11.0 Å². The van der Waals surface area contributed by atoms with Crippen molar-refractivity contribution < 1.29 is 4.79 Å². The molecule has 0 saturated heterocycles. The largest absolute Gasteiger partial charge is 0.307 e. The lowest BCUT2D eigenvalue weighted by molar-refractivity contribution is -0.116. The molecule has 0 radical (unpaired) electrons. The first-order chi connectivity index (χ1) is 12.2. The summed E-state index contributed by atoms with van der Waals surface area (Å²) < 4.78 is 0. The zero-order valence-corrected chi connectivity index (χ0v) is 14.8. The number of hydrogen-bond acceptors (Lipinski definition) is 4. The maximum Gasteiger partial charge on any atom is 0.174 e. The minimum Gasteiger partial charge on any atom is -0.307 e. The molecule has 0 N–H and O–H groups in total. The van der Waals surface area contributed by atoms with E-state index in [2.05, 4.69) is 54.3 Å². The molecule has 124 valence electrons. The standard InChI is InChI=1S/C21H18N2OS/c1-13-7-5-12-17-19(13)23-20(14-8-3-2-4-9-14)18-15(22-21(23)25-17)10-6-11-16(18)24/h2-5,7-9,12,20H,6,10-11H2,1H3. The summed E-state index contributed by atoms with van der Waals surface area (Å²) in [6.45, 7) is 2.14. The van der Waals surface area contributed by atoms with E-state index >= 15 is 0 Å². The smallest absolute Gasteiger partial charge is 0.174 e. The summed E-state index contributed by atoms with van der Waals surface area (Å²) >= 11 is 1.72. The number of nitrogens with zero attached hydrogens (tertiary/aromatic N) is 2. The second-order valence-corrected chi connectivity index (χ2v) is 7.75. The number of aryl methyl sites for hydroxylation is 1. The molecule has 0 aromatic heterocycles. The van der Waals surface area contributed by atoms with Gasteiger partial charge in [-0.15, -0.1) is 0 Å². The number of hydrogen-bond donors (Lipinski definition) is 0. The van der Waals surface area contributed by atoms with Crippen molar-refractivity contribution in [3.05, 3.63) is 70.9 Å². The summed E-state index contributed by atoms with van der Waals surface area (Å²) in [5, 5.41) is 1.01. The third-order valence-electron chi connectivity index (χ3n) is 5.16. The molecule has 2 aromatic rings. The Labute approximate surface area is 151 Å². The second-order valence-electron chi connectivity index (χ2n) is 6.74. The summed E-state index contributed by atoms with van der Waals surface area (Å²) in [7, 11) is 0. The summed E-state index contributed by atoms with van der Waals surface area (Å²) in [6, 6.07) is 16.7. The highest BCUT2D eigenvalue weighted by Crippen LogP contribution is 2.52. The number of ketones is 1. The third-order valence-corrected chi connectivity index (χ3v) is 6.18. The van der Waals surface area contributed by atoms with Gasteiger partial charge < -0.3 is 4.90 Å². The Morgan fingerprint density at radius 3 is 2.76 bits per heavy atom. The molecule has 3 aliphatic rings. The van der Waals surface area contributed by atoms with Crippen molar-refractivity contribution in [1.82, 2.24) is 0 Å². The van der Waals surface area contributed by atoms with E-state index in [9.17, 15) is 4.79 Å². The third kappa shape index (κ3) is 2.20. The average Bonchev–Trinajstić information content (AvgIpc) is 3.00. The van der Waals surface area contributed by atoms with Gasteiger partial charge >= 0.3 is 0 Å². The number of benzene rings is 2. The van der Waals surface area contributed by atoms with E-state index in [1.807, 2.05) is 6.07 Å². The van der Waals surface area contributed by atoms with Gasteiger partial charge in [0.05, 0.1) is 17.4 Å². The lowest BCUT2D eigenvalue weighted by Gasteiger charge is -2.37. The molecule has 0 spiro atoms. The monoisotopic (exact) mass is 346 g/mol. The molecule has 1 unspecified atom stereocenters. The predicted molar refractivity (Wildman–Crippen MR) is 102 cm³/mol. The Morgan fingerprint density at radius 2 is 1.92 bits per heavy atom. The first-order valence-electron chi connectivity index (χ1n) is 8.70. The van der Waals surface area contributed by atoms with Crippen LogP contribution in [0.2, 0.25) is 0 Å². The van der Waals surface area contributed by atoms with Crippen LogP contribution in [0.3, 0.4) is 0 Å². The topological polar surface area (TPSA) is 32.7 Å². The molecule has 3 nitrogen and oxygen atoms in total. The van der Waals surface area contributed by atoms with E-state index in [1.165, 1.54) is 16.1 Å². The molecule has 25 heavy (non-hydrogen) atoms. The molecule has 2 aliphatic heterocycles. The zero-order chi connectivity index (χ0) is 17.0. The van der Waals surface area contributed by atoms with Crippen molar-refractivity contribution in [2.24, 2.45) is 4.99 Å². The van der Waals surface area contributed by atoms with E-state index in [0.29, 0.717) is 6.42 Å². The van der Waals surface area contributed by atoms with E-state index < -0.39 is 0 Å². The molecule has 2 heterocycles. The molecule has 5 rings (SSSR count). The van der Waals surface area contributed by atoms with Crippen LogP contribution in [-0.2, 0) is 4.79 Å². The first kappa shape index (κ1) is 15.0. The average molecular weight is 346 g/mol. The molecule has 0 bridgehead atoms. The Balaban J connectivity index is 1.77. The molecule has 0 fully saturated rings. The Morgan fingerprint density at radius 1 is 1.08 bits per heavy atom. The number of carbonyl (C=O) groups is 1. The van der Waals surface area contributed by atoms with Gasteiger partial charge in [0.15, 0.2) is 11.0 Å². The van der Waals surface area contributed by atoms with Gasteiger partial charge in [0.25, 0.3) is 0 Å². The second kappa shape index (κ2) is 5.60. The quantitative estimate of drug-likeness (QED) is 0.726. The maximum atomic E-state index is 12.8. The van der Waals surface area contributed by atoms with E-state index in [0.717, 1.165) is 34.8 Å². The minimum absolute atomic E-state index is 0.0636. The number of rotatable bonds is 1. The molecule has 2 aromatic carbocycles. The fourth-order valence-corrected chi connectivity index (χ4v) is 5.20. The van der Waals surface area contributed by atoms with Crippen LogP contribution < -0.4 is 4.90 Å². The van der Waals surface area contributed by atoms with Crippen LogP contribution in [0.1, 0.15) is 36.4 Å². The predicted octanol–water partition coefficient (Wildman–Crippen LogP) is 5.03. The highest BCUT2D eigenvalue weighted by molar-refractivity contribution is 8.14. The number of para-hydroxylation sites is 1. The van der Waals surface area contributed by atoms with Crippen LogP contribution in [0.4, 0.5) is 5.69 Å². The summed E-state index contributed by atoms with van der Waals surface area (Å²) in [5.41, 5.74) is 5.48. The van der Waals surface area contributed by atoms with Crippen molar-refractivity contribution >= 4 is 28.4 Å². The van der Waals surface area contributed by atoms with Gasteiger partial charge in [-0.25, -0.2) is 4.99 Å². The number of carbonyl (C=O) groups excluding carboxylic acids is 1. The van der Waals surface area contributed by atoms with E-state index in [1.54, 1.807) is 11.8 Å². The summed E-state index contributed by atoms with van der Waals surface area (Å²) in [5.74, 6) is 0.255. The molecule has 1 atom stereocenters. The Hall–Kier alpha value is -2.33. The van der Waals surface area contributed by atoms with Gasteiger partial charge in [-0.1, -0.05) is 42.5 Å². The summed E-state index contributed by atoms with van der Waals surface area (Å²) in [4.78, 5) is 21.3. The van der Waals surface area contributed by atoms with Crippen molar-refractivity contribution in [2.45, 2.75) is 37.1 Å². The first-order valence-corrected chi connectivity index (χ1v) is 9.52. The van der Waals surface area contributed by atoms with Gasteiger partial charge in [-0.2, -0.15) is 0 Å². The number of amidine groups is 1. The highest BCUT2D eigenvalue weighted by Gasteiger charge is 2.43. The van der Waals surface area contributed by atoms with Crippen LogP contribution in [0.5, 0.6) is 0 Å². The fourth-order valence-electron chi connectivity index (χ4n) is 4.05. The normalized spacial score (nSPS) is 21.6. The lowest BCUT2D eigenvalue weighted by atomic mass is 9.84. The van der Waals surface area contributed by atoms with Gasteiger partial charge in [-0.05, 0) is 48.7 Å². The highest BCUT2D eigenvalue weighted by atomic mass is 32.2. The number of aliphatic imine (C=N–C) groups is 1. The van der Waals surface area contributed by atoms with Crippen molar-refractivity contribution in [1.29, 1.82) is 0 Å². The van der Waals surface area contributed by atoms with Crippen LogP contribution in [0.25, 0.3) is 0 Å². The molecule has 0 amide bonds. The fraction of sp³-hybridized carbons (Fsp3) is 0.238. The Kier molecular flexibility index (Phi) is 3.35. The van der Waals surface area contributed by atoms with Gasteiger partial charge in [0, 0.05) is 16.9 Å². The van der Waals surface area contributed by atoms with E-state index in [-0.39, 0.29) is 11.8 Å². The number of Topliss-reactive ketones (excluding diaryl/α,β-unsaturated/α-hetero) is 1. The van der Waals surface area contributed by atoms with Crippen molar-refractivity contribution in [2.75, 3.05) is 4.90 Å².